The molecule has 0 aliphatic carbocycles. The van der Waals surface area contributed by atoms with E-state index in [0.29, 0.717) is 55.1 Å². The number of tetrazole rings is 1. The van der Waals surface area contributed by atoms with E-state index in [1.54, 1.807) is 4.68 Å². The molecule has 2 heterocycles. The summed E-state index contributed by atoms with van der Waals surface area (Å²) in [7, 11) is 0. The number of nitrogens with zero attached hydrogens (tertiary/aromatic N) is 6. The number of benzene rings is 3. The number of carbonyl (C=O) groups is 1. The maximum Gasteiger partial charge on any atom is 0.257 e. The molecule has 1 aromatic heterocycles. The number of ether oxygens (including phenoxy) is 1. The monoisotopic (exact) mass is 474 g/mol. The van der Waals surface area contributed by atoms with Gasteiger partial charge in [-0.25, -0.2) is 0 Å². The van der Waals surface area contributed by atoms with E-state index in [0.717, 1.165) is 11.3 Å². The molecular weight excluding hydrogens is 452 g/mol. The second-order valence-electron chi connectivity index (χ2n) is 7.92. The maximum atomic E-state index is 13.3. The van der Waals surface area contributed by atoms with E-state index in [9.17, 15) is 4.79 Å². The van der Waals surface area contributed by atoms with Crippen LogP contribution in [0.1, 0.15) is 15.9 Å². The van der Waals surface area contributed by atoms with Crippen LogP contribution >= 0.6 is 11.6 Å². The predicted molar refractivity (Wildman–Crippen MR) is 129 cm³/mol. The molecule has 1 amide bonds. The Morgan fingerprint density at radius 3 is 2.35 bits per heavy atom. The highest BCUT2D eigenvalue weighted by atomic mass is 35.5. The third-order valence-electron chi connectivity index (χ3n) is 5.73. The molecule has 172 valence electrons. The van der Waals surface area contributed by atoms with Gasteiger partial charge in [-0.2, -0.15) is 4.68 Å². The fraction of sp³-hybridized carbons (Fsp3) is 0.200. The Morgan fingerprint density at radius 2 is 1.59 bits per heavy atom. The lowest BCUT2D eigenvalue weighted by Crippen LogP contribution is -2.49. The zero-order chi connectivity index (χ0) is 23.3. The van der Waals surface area contributed by atoms with Crippen LogP contribution in [-0.2, 0) is 6.61 Å². The highest BCUT2D eigenvalue weighted by Crippen LogP contribution is 2.23. The number of carbonyl (C=O) groups excluding carboxylic acids is 1. The summed E-state index contributed by atoms with van der Waals surface area (Å²) in [5.74, 6) is 1.19. The average molecular weight is 475 g/mol. The Bertz CT molecular complexity index is 1250. The van der Waals surface area contributed by atoms with Crippen molar-refractivity contribution in [2.75, 3.05) is 31.1 Å². The highest BCUT2D eigenvalue weighted by Gasteiger charge is 2.27. The number of aromatic nitrogens is 4. The van der Waals surface area contributed by atoms with Crippen molar-refractivity contribution >= 4 is 23.5 Å². The topological polar surface area (TPSA) is 76.4 Å². The first-order chi connectivity index (χ1) is 16.7. The number of halogens is 1. The van der Waals surface area contributed by atoms with Crippen LogP contribution in [0.2, 0.25) is 5.02 Å². The van der Waals surface area contributed by atoms with Crippen LogP contribution in [0.25, 0.3) is 5.69 Å². The SMILES string of the molecule is O=C(c1ccccc1OCc1ccc(Cl)cc1)N1CCN(c2nnnn2-c2ccccc2)CC1. The van der Waals surface area contributed by atoms with Gasteiger partial charge in [0.1, 0.15) is 12.4 Å². The van der Waals surface area contributed by atoms with Gasteiger partial charge in [0.25, 0.3) is 5.91 Å². The van der Waals surface area contributed by atoms with Gasteiger partial charge in [-0.05, 0) is 52.4 Å². The molecule has 4 aromatic rings. The number of hydrogen-bond donors (Lipinski definition) is 0. The zero-order valence-electron chi connectivity index (χ0n) is 18.4. The number of anilines is 1. The third-order valence-corrected chi connectivity index (χ3v) is 5.98. The summed E-state index contributed by atoms with van der Waals surface area (Å²) >= 11 is 5.96. The predicted octanol–water partition coefficient (Wildman–Crippen LogP) is 3.86. The molecule has 0 atom stereocenters. The Hall–Kier alpha value is -3.91. The van der Waals surface area contributed by atoms with Gasteiger partial charge in [-0.3, -0.25) is 4.79 Å². The number of amides is 1. The lowest BCUT2D eigenvalue weighted by atomic mass is 10.1. The van der Waals surface area contributed by atoms with Gasteiger partial charge in [-0.1, -0.05) is 59.2 Å². The zero-order valence-corrected chi connectivity index (χ0v) is 19.2. The van der Waals surface area contributed by atoms with E-state index in [1.807, 2.05) is 83.8 Å². The second-order valence-corrected chi connectivity index (χ2v) is 8.35. The van der Waals surface area contributed by atoms with Crippen molar-refractivity contribution in [1.29, 1.82) is 0 Å². The van der Waals surface area contributed by atoms with E-state index in [1.165, 1.54) is 0 Å². The summed E-state index contributed by atoms with van der Waals surface area (Å²) in [5.41, 5.74) is 2.43. The van der Waals surface area contributed by atoms with E-state index in [4.69, 9.17) is 16.3 Å². The van der Waals surface area contributed by atoms with Gasteiger partial charge in [0.2, 0.25) is 5.95 Å². The molecule has 0 bridgehead atoms. The molecule has 0 unspecified atom stereocenters. The van der Waals surface area contributed by atoms with Crippen molar-refractivity contribution in [2.24, 2.45) is 0 Å². The summed E-state index contributed by atoms with van der Waals surface area (Å²) in [5, 5.41) is 12.9. The number of hydrogen-bond acceptors (Lipinski definition) is 6. The Kier molecular flexibility index (Phi) is 6.40. The van der Waals surface area contributed by atoms with Crippen LogP contribution in [0.5, 0.6) is 5.75 Å². The summed E-state index contributed by atoms with van der Waals surface area (Å²) in [4.78, 5) is 17.3. The second kappa shape index (κ2) is 9.93. The molecule has 1 fully saturated rings. The summed E-state index contributed by atoms with van der Waals surface area (Å²) < 4.78 is 7.71. The lowest BCUT2D eigenvalue weighted by Gasteiger charge is -2.35. The van der Waals surface area contributed by atoms with Gasteiger partial charge in [-0.15, -0.1) is 0 Å². The number of rotatable bonds is 6. The number of piperazine rings is 1. The van der Waals surface area contributed by atoms with Gasteiger partial charge in [0.05, 0.1) is 11.3 Å². The van der Waals surface area contributed by atoms with Crippen LogP contribution in [0, 0.1) is 0 Å². The van der Waals surface area contributed by atoms with Crippen molar-refractivity contribution < 1.29 is 9.53 Å². The standard InChI is InChI=1S/C25H23ClN6O2/c26-20-12-10-19(11-13-20)18-34-23-9-5-4-8-22(23)24(33)30-14-16-31(17-15-30)25-27-28-29-32(25)21-6-2-1-3-7-21/h1-13H,14-18H2. The normalized spacial score (nSPS) is 13.7. The summed E-state index contributed by atoms with van der Waals surface area (Å²) in [6, 6.07) is 24.6. The van der Waals surface area contributed by atoms with Gasteiger partial charge < -0.3 is 14.5 Å². The molecule has 1 aliphatic heterocycles. The maximum absolute atomic E-state index is 13.3. The first-order valence-electron chi connectivity index (χ1n) is 11.0. The van der Waals surface area contributed by atoms with E-state index in [-0.39, 0.29) is 5.91 Å². The third kappa shape index (κ3) is 4.72. The van der Waals surface area contributed by atoms with Crippen LogP contribution in [0.3, 0.4) is 0 Å². The first-order valence-corrected chi connectivity index (χ1v) is 11.4. The minimum Gasteiger partial charge on any atom is -0.488 e. The minimum atomic E-state index is -0.0472. The molecule has 0 N–H and O–H groups in total. The van der Waals surface area contributed by atoms with E-state index in [2.05, 4.69) is 20.4 Å². The molecule has 0 spiro atoms. The fourth-order valence-electron chi connectivity index (χ4n) is 3.91. The van der Waals surface area contributed by atoms with Crippen LogP contribution < -0.4 is 9.64 Å². The van der Waals surface area contributed by atoms with Crippen molar-refractivity contribution in [1.82, 2.24) is 25.1 Å². The Balaban J connectivity index is 1.25. The van der Waals surface area contributed by atoms with Gasteiger partial charge >= 0.3 is 0 Å². The van der Waals surface area contributed by atoms with E-state index >= 15 is 0 Å². The molecular formula is C25H23ClN6O2. The van der Waals surface area contributed by atoms with Crippen LogP contribution in [-0.4, -0.2) is 57.2 Å². The molecule has 8 nitrogen and oxygen atoms in total. The Labute approximate surface area is 202 Å². The largest absolute Gasteiger partial charge is 0.488 e. The fourth-order valence-corrected chi connectivity index (χ4v) is 4.03. The first kappa shape index (κ1) is 21.9. The smallest absolute Gasteiger partial charge is 0.257 e. The van der Waals surface area contributed by atoms with Crippen LogP contribution in [0.15, 0.2) is 78.9 Å². The molecule has 34 heavy (non-hydrogen) atoms. The average Bonchev–Trinajstić information content (AvgIpc) is 3.39. The summed E-state index contributed by atoms with van der Waals surface area (Å²) in [6.45, 7) is 2.74. The molecule has 0 saturated carbocycles. The van der Waals surface area contributed by atoms with Gasteiger partial charge in [0.15, 0.2) is 0 Å². The molecule has 0 radical (unpaired) electrons. The highest BCUT2D eigenvalue weighted by molar-refractivity contribution is 6.30. The van der Waals surface area contributed by atoms with Crippen molar-refractivity contribution in [2.45, 2.75) is 6.61 Å². The Morgan fingerprint density at radius 1 is 0.882 bits per heavy atom. The molecule has 5 rings (SSSR count). The van der Waals surface area contributed by atoms with Crippen molar-refractivity contribution in [3.63, 3.8) is 0 Å². The summed E-state index contributed by atoms with van der Waals surface area (Å²) in [6.07, 6.45) is 0. The van der Waals surface area contributed by atoms with E-state index < -0.39 is 0 Å². The quantitative estimate of drug-likeness (QED) is 0.422. The molecule has 3 aromatic carbocycles. The number of para-hydroxylation sites is 2. The van der Waals surface area contributed by atoms with Crippen molar-refractivity contribution in [3.05, 3.63) is 95.0 Å². The molecule has 1 aliphatic rings. The van der Waals surface area contributed by atoms with Gasteiger partial charge in [0, 0.05) is 31.2 Å². The minimum absolute atomic E-state index is 0.0472. The van der Waals surface area contributed by atoms with Crippen LogP contribution in [0.4, 0.5) is 5.95 Å². The molecule has 1 saturated heterocycles. The lowest BCUT2D eigenvalue weighted by molar-refractivity contribution is 0.0741. The molecule has 9 heteroatoms. The van der Waals surface area contributed by atoms with Crippen molar-refractivity contribution in [3.8, 4) is 11.4 Å².